The second-order valence-electron chi connectivity index (χ2n) is 11.3. The average Bonchev–Trinajstić information content (AvgIpc) is 3.63. The molecule has 210 valence electrons. The molecule has 0 N–H and O–H groups in total. The largest absolute Gasteiger partial charge is 0.135 e. The highest BCUT2D eigenvalue weighted by Gasteiger charge is 2.15. The number of hydrogen-bond acceptors (Lipinski definition) is 2. The van der Waals surface area contributed by atoms with Gasteiger partial charge in [-0.05, 0) is 76.5 Å². The molecule has 2 heterocycles. The van der Waals surface area contributed by atoms with Crippen molar-refractivity contribution in [3.8, 4) is 0 Å². The lowest BCUT2D eigenvalue weighted by Crippen LogP contribution is -1.85. The lowest BCUT2D eigenvalue weighted by molar-refractivity contribution is 1.60. The highest BCUT2D eigenvalue weighted by Crippen LogP contribution is 2.45. The van der Waals surface area contributed by atoms with Crippen molar-refractivity contribution >= 4 is 95.7 Å². The Morgan fingerprint density at radius 3 is 2.07 bits per heavy atom. The summed E-state index contributed by atoms with van der Waals surface area (Å²) in [6.07, 6.45) is 4.59. The van der Waals surface area contributed by atoms with Crippen LogP contribution in [-0.4, -0.2) is 0 Å². The van der Waals surface area contributed by atoms with E-state index in [2.05, 4.69) is 159 Å². The van der Waals surface area contributed by atoms with Crippen LogP contribution < -0.4 is 0 Å². The van der Waals surface area contributed by atoms with E-state index in [9.17, 15) is 0 Å². The van der Waals surface area contributed by atoms with Crippen molar-refractivity contribution in [3.63, 3.8) is 0 Å². The Morgan fingerprint density at radius 1 is 0.523 bits per heavy atom. The molecule has 2 aromatic heterocycles. The molecule has 8 rings (SSSR count). The molecule has 6 aromatic carbocycles. The molecule has 0 atom stereocenters. The number of thiophene rings is 2. The predicted octanol–water partition coefficient (Wildman–Crippen LogP) is 13.4. The average molecular weight is 599 g/mol. The number of fused-ring (bicyclic) bond motifs is 10. The summed E-state index contributed by atoms with van der Waals surface area (Å²) in [4.78, 5) is 0. The van der Waals surface area contributed by atoms with E-state index in [0.29, 0.717) is 0 Å². The minimum Gasteiger partial charge on any atom is -0.135 e. The molecule has 0 nitrogen and oxygen atoms in total. The zero-order chi connectivity index (χ0) is 29.6. The molecule has 0 unspecified atom stereocenters. The van der Waals surface area contributed by atoms with Crippen molar-refractivity contribution in [2.45, 2.75) is 13.8 Å². The van der Waals surface area contributed by atoms with Crippen LogP contribution in [0.25, 0.3) is 73.0 Å². The summed E-state index contributed by atoms with van der Waals surface area (Å²) in [5.41, 5.74) is 4.94. The summed E-state index contributed by atoms with van der Waals surface area (Å²) in [5, 5.41) is 10.6. The predicted molar refractivity (Wildman–Crippen MR) is 199 cm³/mol. The minimum absolute atomic E-state index is 1.22. The molecular weight excluding hydrogens is 569 g/mol. The first-order valence-corrected chi connectivity index (χ1v) is 16.7. The summed E-state index contributed by atoms with van der Waals surface area (Å²) >= 11 is 3.82. The number of allylic oxidation sites excluding steroid dienone is 4. The monoisotopic (exact) mass is 598 g/mol. The van der Waals surface area contributed by atoms with E-state index in [1.807, 2.05) is 22.7 Å². The van der Waals surface area contributed by atoms with Crippen molar-refractivity contribution in [2.24, 2.45) is 0 Å². The lowest BCUT2D eigenvalue weighted by atomic mass is 9.95. The Hall–Kier alpha value is -4.76. The highest BCUT2D eigenvalue weighted by atomic mass is 32.1. The summed E-state index contributed by atoms with van der Waals surface area (Å²) in [6.45, 7) is 4.38. The van der Waals surface area contributed by atoms with E-state index in [1.165, 1.54) is 84.2 Å². The maximum absolute atomic E-state index is 2.42. The molecular formula is C42H30S2. The Balaban J connectivity index is 1.34. The van der Waals surface area contributed by atoms with Crippen molar-refractivity contribution in [2.75, 3.05) is 0 Å². The fourth-order valence-corrected chi connectivity index (χ4v) is 8.87. The van der Waals surface area contributed by atoms with Crippen molar-refractivity contribution < 1.29 is 0 Å². The molecule has 0 fully saturated rings. The van der Waals surface area contributed by atoms with E-state index >= 15 is 0 Å². The minimum atomic E-state index is 1.22. The van der Waals surface area contributed by atoms with Crippen LogP contribution in [0.4, 0.5) is 0 Å². The SMILES string of the molecule is C/C=C(\C=C(/C)c1cccccccc2ccccc12)c1ccc2sc3ccc4ccc5c6ccccc6sc5c4c3c2c1. The van der Waals surface area contributed by atoms with Gasteiger partial charge in [0.1, 0.15) is 0 Å². The van der Waals surface area contributed by atoms with Crippen LogP contribution in [0.15, 0.2) is 146 Å². The molecule has 0 aliphatic heterocycles. The second kappa shape index (κ2) is 11.1. The van der Waals surface area contributed by atoms with E-state index in [4.69, 9.17) is 0 Å². The van der Waals surface area contributed by atoms with Gasteiger partial charge < -0.3 is 0 Å². The van der Waals surface area contributed by atoms with Gasteiger partial charge >= 0.3 is 0 Å². The maximum Gasteiger partial charge on any atom is 0.0440 e. The van der Waals surface area contributed by atoms with Crippen LogP contribution >= 0.6 is 22.7 Å². The third-order valence-electron chi connectivity index (χ3n) is 8.63. The molecule has 2 heteroatoms. The van der Waals surface area contributed by atoms with E-state index in [1.54, 1.807) is 0 Å². The number of benzene rings is 5. The van der Waals surface area contributed by atoms with Crippen LogP contribution in [0.5, 0.6) is 0 Å². The van der Waals surface area contributed by atoms with Gasteiger partial charge in [-0.2, -0.15) is 0 Å². The molecule has 8 aromatic rings. The molecule has 0 spiro atoms. The molecule has 0 aliphatic rings. The summed E-state index contributed by atoms with van der Waals surface area (Å²) in [6, 6.07) is 48.6. The van der Waals surface area contributed by atoms with Crippen LogP contribution in [0, 0.1) is 0 Å². The first kappa shape index (κ1) is 26.8. The third-order valence-corrected chi connectivity index (χ3v) is 11.0. The van der Waals surface area contributed by atoms with Crippen LogP contribution in [-0.2, 0) is 0 Å². The highest BCUT2D eigenvalue weighted by molar-refractivity contribution is 7.28. The Kier molecular flexibility index (Phi) is 6.75. The van der Waals surface area contributed by atoms with Crippen molar-refractivity contribution in [1.29, 1.82) is 0 Å². The van der Waals surface area contributed by atoms with Gasteiger partial charge in [-0.25, -0.2) is 0 Å². The summed E-state index contributed by atoms with van der Waals surface area (Å²) in [7, 11) is 0. The van der Waals surface area contributed by atoms with E-state index in [0.717, 1.165) is 0 Å². The van der Waals surface area contributed by atoms with Gasteiger partial charge in [-0.1, -0.05) is 121 Å². The van der Waals surface area contributed by atoms with Crippen LogP contribution in [0.3, 0.4) is 0 Å². The molecule has 0 bridgehead atoms. The van der Waals surface area contributed by atoms with Gasteiger partial charge in [0, 0.05) is 45.7 Å². The van der Waals surface area contributed by atoms with Gasteiger partial charge in [0.05, 0.1) is 0 Å². The number of rotatable bonds is 3. The molecule has 0 amide bonds. The van der Waals surface area contributed by atoms with Crippen LogP contribution in [0.2, 0.25) is 0 Å². The first-order valence-electron chi connectivity index (χ1n) is 15.1. The van der Waals surface area contributed by atoms with Crippen molar-refractivity contribution in [3.05, 3.63) is 157 Å². The Labute approximate surface area is 265 Å². The summed E-state index contributed by atoms with van der Waals surface area (Å²) in [5.74, 6) is 0. The quantitative estimate of drug-likeness (QED) is 0.177. The third kappa shape index (κ3) is 4.50. The fraction of sp³-hybridized carbons (Fsp3) is 0.0476. The van der Waals surface area contributed by atoms with E-state index in [-0.39, 0.29) is 0 Å². The zero-order valence-electron chi connectivity index (χ0n) is 24.7. The van der Waals surface area contributed by atoms with E-state index < -0.39 is 0 Å². The summed E-state index contributed by atoms with van der Waals surface area (Å²) < 4.78 is 5.42. The Bertz CT molecular complexity index is 2520. The molecule has 0 saturated carbocycles. The molecule has 0 saturated heterocycles. The van der Waals surface area contributed by atoms with Crippen LogP contribution in [0.1, 0.15) is 25.0 Å². The zero-order valence-corrected chi connectivity index (χ0v) is 26.3. The number of hydrogen-bond donors (Lipinski definition) is 0. The second-order valence-corrected chi connectivity index (χ2v) is 13.4. The Morgan fingerprint density at radius 2 is 1.20 bits per heavy atom. The van der Waals surface area contributed by atoms with Gasteiger partial charge in [-0.3, -0.25) is 0 Å². The molecule has 0 aliphatic carbocycles. The van der Waals surface area contributed by atoms with Crippen molar-refractivity contribution in [1.82, 2.24) is 0 Å². The van der Waals surface area contributed by atoms with Gasteiger partial charge in [-0.15, -0.1) is 22.7 Å². The van der Waals surface area contributed by atoms with Gasteiger partial charge in [0.2, 0.25) is 0 Å². The molecule has 0 radical (unpaired) electrons. The first-order chi connectivity index (χ1) is 21.7. The topological polar surface area (TPSA) is 0 Å². The maximum atomic E-state index is 2.42. The van der Waals surface area contributed by atoms with Gasteiger partial charge in [0.15, 0.2) is 0 Å². The fourth-order valence-electron chi connectivity index (χ4n) is 6.51. The van der Waals surface area contributed by atoms with Gasteiger partial charge in [0.25, 0.3) is 0 Å². The standard InChI is InChI=1S/C42H30S2/c1-3-28(25-27(2)32-15-8-6-4-5-7-13-29-14-9-10-16-33(29)32)31-21-23-38-36(26-31)41-39(43-38)24-20-30-19-22-35-34-17-11-12-18-37(34)44-42(35)40(30)41/h3-26H,1-2H3/b5-4?,6-4?,7-5?,8-6?,13-7?,15-8?,27-25+,28-3+,29-13?,32-15?,33-32?. The lowest BCUT2D eigenvalue weighted by Gasteiger charge is -2.09. The molecule has 44 heavy (non-hydrogen) atoms. The smallest absolute Gasteiger partial charge is 0.0440 e. The normalized spacial score (nSPS) is 12.6.